The first-order valence-corrected chi connectivity index (χ1v) is 16.8. The van der Waals surface area contributed by atoms with Crippen LogP contribution in [-0.2, 0) is 0 Å². The van der Waals surface area contributed by atoms with Gasteiger partial charge in [-0.3, -0.25) is 4.79 Å². The van der Waals surface area contributed by atoms with Gasteiger partial charge in [-0.05, 0) is 86.2 Å². The number of carbonyl (C=O) groups is 1. The lowest BCUT2D eigenvalue weighted by Gasteiger charge is -2.37. The second-order valence-corrected chi connectivity index (χ2v) is 19.7. The van der Waals surface area contributed by atoms with Gasteiger partial charge in [-0.15, -0.1) is 0 Å². The summed E-state index contributed by atoms with van der Waals surface area (Å²) in [5.41, 5.74) is 1.82. The molecule has 1 rings (SSSR count). The Labute approximate surface area is 180 Å². The van der Waals surface area contributed by atoms with Gasteiger partial charge < -0.3 is 14.5 Å². The van der Waals surface area contributed by atoms with Crippen LogP contribution in [0.3, 0.4) is 0 Å². The lowest BCUT2D eigenvalue weighted by atomic mass is 10.0. The van der Waals surface area contributed by atoms with E-state index in [2.05, 4.69) is 32.6 Å². The van der Waals surface area contributed by atoms with Crippen molar-refractivity contribution >= 4 is 28.6 Å². The van der Waals surface area contributed by atoms with Crippen LogP contribution in [0.25, 0.3) is 0 Å². The number of rotatable bonds is 12. The third-order valence-electron chi connectivity index (χ3n) is 7.17. The molecule has 0 saturated heterocycles. The number of anilines is 1. The molecule has 6 heteroatoms. The van der Waals surface area contributed by atoms with Gasteiger partial charge in [0.15, 0.2) is 16.6 Å². The molecule has 0 radical (unpaired) electrons. The average molecular weight is 438 g/mol. The molecule has 1 aromatic rings. The van der Waals surface area contributed by atoms with Crippen LogP contribution in [0.1, 0.15) is 63.7 Å². The van der Waals surface area contributed by atoms with Gasteiger partial charge in [-0.2, -0.15) is 0 Å². The second-order valence-electron chi connectivity index (χ2n) is 10.8. The molecule has 0 atom stereocenters. The van der Waals surface area contributed by atoms with Crippen molar-refractivity contribution in [2.45, 2.75) is 89.6 Å². The third kappa shape index (κ3) is 7.66. The minimum Gasteiger partial charge on any atom is -0.432 e. The van der Waals surface area contributed by atoms with Crippen molar-refractivity contribution in [3.8, 4) is 0 Å². The van der Waals surface area contributed by atoms with Gasteiger partial charge in [0.25, 0.3) is 0 Å². The molecule has 2 N–H and O–H groups in total. The Morgan fingerprint density at radius 3 is 1.52 bits per heavy atom. The first-order chi connectivity index (χ1) is 13.1. The summed E-state index contributed by atoms with van der Waals surface area (Å²) in [6.07, 6.45) is 4.90. The Hall–Kier alpha value is -0.956. The van der Waals surface area contributed by atoms with Gasteiger partial charge in [0.2, 0.25) is 0 Å². The summed E-state index contributed by atoms with van der Waals surface area (Å²) in [4.78, 5) is 34.5. The zero-order valence-electron chi connectivity index (χ0n) is 19.9. The number of carbonyl (C=O) groups excluding carboxylic acids is 1. The van der Waals surface area contributed by atoms with E-state index in [1.807, 2.05) is 50.5 Å². The summed E-state index contributed by atoms with van der Waals surface area (Å²) in [5, 5.41) is -0.0386. The average Bonchev–Trinajstić information content (AvgIpc) is 2.58. The highest BCUT2D eigenvalue weighted by molar-refractivity contribution is 6.73. The van der Waals surface area contributed by atoms with E-state index in [0.717, 1.165) is 50.7 Å². The zero-order valence-corrected chi connectivity index (χ0v) is 21.9. The molecule has 0 saturated carbocycles. The Bertz CT molecular complexity index is 612. The molecular weight excluding hydrogens is 394 g/mol. The Morgan fingerprint density at radius 2 is 1.21 bits per heavy atom. The van der Waals surface area contributed by atoms with Crippen molar-refractivity contribution in [1.82, 2.24) is 0 Å². The first-order valence-electron chi connectivity index (χ1n) is 10.9. The van der Waals surface area contributed by atoms with Crippen molar-refractivity contribution in [3.05, 3.63) is 29.8 Å². The van der Waals surface area contributed by atoms with E-state index >= 15 is 0 Å². The number of aldehydes is 1. The molecule has 0 bridgehead atoms. The summed E-state index contributed by atoms with van der Waals surface area (Å²) < 4.78 is 0. The first kappa shape index (κ1) is 26.1. The van der Waals surface area contributed by atoms with E-state index in [1.54, 1.807) is 0 Å². The van der Waals surface area contributed by atoms with Crippen LogP contribution in [0.15, 0.2) is 24.3 Å². The van der Waals surface area contributed by atoms with E-state index in [4.69, 9.17) is 0 Å². The summed E-state index contributed by atoms with van der Waals surface area (Å²) in [5.74, 6) is 0. The van der Waals surface area contributed by atoms with Crippen molar-refractivity contribution in [2.24, 2.45) is 0 Å². The Kier molecular flexibility index (Phi) is 8.90. The fraction of sp³-hybridized carbons (Fsp3) is 0.696. The molecule has 0 aromatic heterocycles. The summed E-state index contributed by atoms with van der Waals surface area (Å²) >= 11 is 0. The van der Waals surface area contributed by atoms with Crippen LogP contribution >= 0.6 is 0 Å². The van der Waals surface area contributed by atoms with Crippen LogP contribution in [0, 0.1) is 0 Å². The molecule has 0 aliphatic rings. The quantitative estimate of drug-likeness (QED) is 0.319. The maximum absolute atomic E-state index is 11.0. The number of benzene rings is 1. The van der Waals surface area contributed by atoms with Crippen LogP contribution in [0.2, 0.25) is 36.3 Å². The fourth-order valence-electron chi connectivity index (χ4n) is 3.17. The minimum absolute atomic E-state index is 0.0193. The SMILES string of the molecule is CC(C)(CCCN(CCCC(C)(C)[Si](C)(C)O)c1ccc(C=O)cc1)[Si](C)(C)O. The maximum Gasteiger partial charge on any atom is 0.188 e. The molecule has 0 unspecified atom stereocenters. The summed E-state index contributed by atoms with van der Waals surface area (Å²) in [6, 6.07) is 7.79. The summed E-state index contributed by atoms with van der Waals surface area (Å²) in [6.45, 7) is 18.6. The van der Waals surface area contributed by atoms with Gasteiger partial charge in [0.1, 0.15) is 6.29 Å². The van der Waals surface area contributed by atoms with E-state index in [1.165, 1.54) is 0 Å². The highest BCUT2D eigenvalue weighted by Crippen LogP contribution is 2.41. The van der Waals surface area contributed by atoms with Crippen LogP contribution in [0.4, 0.5) is 5.69 Å². The van der Waals surface area contributed by atoms with Gasteiger partial charge in [-0.25, -0.2) is 0 Å². The molecule has 1 aromatic carbocycles. The highest BCUT2D eigenvalue weighted by atomic mass is 28.4. The van der Waals surface area contributed by atoms with E-state index in [0.29, 0.717) is 5.56 Å². The third-order valence-corrected chi connectivity index (χ3v) is 14.3. The zero-order chi connectivity index (χ0) is 22.5. The smallest absolute Gasteiger partial charge is 0.188 e. The lowest BCUT2D eigenvalue weighted by molar-refractivity contribution is 0.112. The fourth-order valence-corrected chi connectivity index (χ4v) is 4.75. The topological polar surface area (TPSA) is 60.8 Å². The summed E-state index contributed by atoms with van der Waals surface area (Å²) in [7, 11) is -4.40. The second kappa shape index (κ2) is 9.90. The van der Waals surface area contributed by atoms with Crippen molar-refractivity contribution < 1.29 is 14.4 Å². The van der Waals surface area contributed by atoms with Gasteiger partial charge >= 0.3 is 0 Å². The lowest BCUT2D eigenvalue weighted by Crippen LogP contribution is -2.40. The molecule has 0 aliphatic carbocycles. The molecule has 0 fully saturated rings. The van der Waals surface area contributed by atoms with Gasteiger partial charge in [0.05, 0.1) is 0 Å². The van der Waals surface area contributed by atoms with Crippen LogP contribution in [0.5, 0.6) is 0 Å². The maximum atomic E-state index is 11.0. The molecule has 0 spiro atoms. The predicted octanol–water partition coefficient (Wildman–Crippen LogP) is 5.82. The molecule has 0 amide bonds. The number of nitrogens with zero attached hydrogens (tertiary/aromatic N) is 1. The molecule has 29 heavy (non-hydrogen) atoms. The van der Waals surface area contributed by atoms with Gasteiger partial charge in [0, 0.05) is 24.3 Å². The number of hydrogen-bond donors (Lipinski definition) is 2. The largest absolute Gasteiger partial charge is 0.432 e. The normalized spacial score (nSPS) is 13.4. The Morgan fingerprint density at radius 1 is 0.828 bits per heavy atom. The molecule has 0 heterocycles. The highest BCUT2D eigenvalue weighted by Gasteiger charge is 2.38. The molecular formula is C23H43NO3Si2. The molecule has 166 valence electrons. The van der Waals surface area contributed by atoms with E-state index in [-0.39, 0.29) is 10.1 Å². The van der Waals surface area contributed by atoms with Crippen molar-refractivity contribution in [3.63, 3.8) is 0 Å². The van der Waals surface area contributed by atoms with Crippen LogP contribution in [-0.4, -0.2) is 45.6 Å². The van der Waals surface area contributed by atoms with Crippen LogP contribution < -0.4 is 4.90 Å². The molecule has 0 aliphatic heterocycles. The van der Waals surface area contributed by atoms with Crippen molar-refractivity contribution in [1.29, 1.82) is 0 Å². The molecule has 4 nitrogen and oxygen atoms in total. The van der Waals surface area contributed by atoms with Gasteiger partial charge in [-0.1, -0.05) is 27.7 Å². The van der Waals surface area contributed by atoms with E-state index < -0.39 is 16.6 Å². The Balaban J connectivity index is 2.82. The monoisotopic (exact) mass is 437 g/mol. The minimum atomic E-state index is -2.20. The standard InChI is InChI=1S/C23H43NO3Si2/c1-22(2,28(5,6)26)15-9-17-24(21-13-11-20(19-25)12-14-21)18-10-16-23(3,4)29(7,8)27/h11-14,19,26-27H,9-10,15-18H2,1-8H3. The van der Waals surface area contributed by atoms with Crippen molar-refractivity contribution in [2.75, 3.05) is 18.0 Å². The number of hydrogen-bond acceptors (Lipinski definition) is 4. The van der Waals surface area contributed by atoms with E-state index in [9.17, 15) is 14.4 Å². The predicted molar refractivity (Wildman–Crippen MR) is 130 cm³/mol.